The fraction of sp³-hybridized carbons (Fsp3) is 0.525. The molecule has 0 radical (unpaired) electrons. The van der Waals surface area contributed by atoms with E-state index in [0.29, 0.717) is 61.1 Å². The van der Waals surface area contributed by atoms with Crippen LogP contribution in [0.25, 0.3) is 0 Å². The number of hydrogen-bond donors (Lipinski definition) is 3. The van der Waals surface area contributed by atoms with E-state index in [4.69, 9.17) is 9.47 Å². The average Bonchev–Trinajstić information content (AvgIpc) is 3.06. The van der Waals surface area contributed by atoms with Crippen LogP contribution in [0, 0.1) is 29.6 Å². The monoisotopic (exact) mass is 654 g/mol. The van der Waals surface area contributed by atoms with Crippen molar-refractivity contribution in [1.29, 1.82) is 0 Å². The van der Waals surface area contributed by atoms with Gasteiger partial charge >= 0.3 is 11.9 Å². The van der Waals surface area contributed by atoms with Crippen LogP contribution in [0.15, 0.2) is 48.0 Å². The largest absolute Gasteiger partial charge is 0.508 e. The number of rotatable bonds is 6. The van der Waals surface area contributed by atoms with Crippen molar-refractivity contribution < 1.29 is 39.2 Å². The van der Waals surface area contributed by atoms with Crippen LogP contribution in [0.2, 0.25) is 0 Å². The number of carbonyl (C=O) groups excluding carboxylic acids is 3. The van der Waals surface area contributed by atoms with E-state index in [0.717, 1.165) is 24.0 Å². The minimum Gasteiger partial charge on any atom is -0.508 e. The van der Waals surface area contributed by atoms with Crippen molar-refractivity contribution in [3.8, 4) is 23.3 Å². The Bertz CT molecular complexity index is 1660. The van der Waals surface area contributed by atoms with Gasteiger partial charge in [-0.25, -0.2) is 4.79 Å². The van der Waals surface area contributed by atoms with E-state index < -0.39 is 35.5 Å². The molecule has 0 spiro atoms. The van der Waals surface area contributed by atoms with E-state index in [1.807, 2.05) is 30.3 Å². The van der Waals surface area contributed by atoms with Crippen molar-refractivity contribution in [2.24, 2.45) is 17.8 Å². The van der Waals surface area contributed by atoms with Crippen LogP contribution in [-0.2, 0) is 32.1 Å². The molecule has 2 heterocycles. The van der Waals surface area contributed by atoms with Crippen LogP contribution in [0.4, 0.5) is 0 Å². The highest BCUT2D eigenvalue weighted by molar-refractivity contribution is 5.89. The number of ether oxygens (including phenoxy) is 2. The Labute approximate surface area is 282 Å². The van der Waals surface area contributed by atoms with Gasteiger partial charge < -0.3 is 24.8 Å². The van der Waals surface area contributed by atoms with Gasteiger partial charge in [-0.2, -0.15) is 0 Å². The van der Waals surface area contributed by atoms with Gasteiger partial charge in [-0.1, -0.05) is 62.5 Å². The third kappa shape index (κ3) is 7.23. The molecule has 2 fully saturated rings. The number of ketones is 1. The number of fused-ring (bicyclic) bond motifs is 2. The highest BCUT2D eigenvalue weighted by Crippen LogP contribution is 2.49. The van der Waals surface area contributed by atoms with E-state index in [1.54, 1.807) is 6.07 Å². The fourth-order valence-electron chi connectivity index (χ4n) is 8.16. The second-order valence-corrected chi connectivity index (χ2v) is 14.5. The zero-order chi connectivity index (χ0) is 34.0. The van der Waals surface area contributed by atoms with Crippen LogP contribution >= 0.6 is 0 Å². The fourth-order valence-corrected chi connectivity index (χ4v) is 8.16. The van der Waals surface area contributed by atoms with Crippen molar-refractivity contribution >= 4 is 17.7 Å². The van der Waals surface area contributed by atoms with Crippen molar-refractivity contribution in [3.63, 3.8) is 0 Å². The predicted molar refractivity (Wildman–Crippen MR) is 179 cm³/mol. The zero-order valence-corrected chi connectivity index (χ0v) is 27.9. The molecule has 6 unspecified atom stereocenters. The molecule has 48 heavy (non-hydrogen) atoms. The number of esters is 2. The number of carbonyl (C=O) groups is 3. The molecule has 6 atom stereocenters. The molecule has 2 saturated carbocycles. The second kappa shape index (κ2) is 14.3. The Morgan fingerprint density at radius 3 is 2.62 bits per heavy atom. The van der Waals surface area contributed by atoms with Gasteiger partial charge in [-0.15, -0.1) is 0 Å². The standard InChI is InChI=1S/C40H46O8/c1-24(2)6-3-9-30-17-27(26-8-4-7-25(16-26)23-41)11-12-28-21-38(44)47-36-22-35(43)31(19-33(28)36)20-37(48-39(30)45)40(46)15-5-10-29-18-32(42)13-14-34(29)40/h4,7-9,16,19,22,24,27-29,34,37,41,43,46H,3,5-6,10,13-15,17-18,20-21,23H2,1-2H3. The summed E-state index contributed by atoms with van der Waals surface area (Å²) in [6.07, 6.45) is 6.03. The van der Waals surface area contributed by atoms with Gasteiger partial charge in [0, 0.05) is 42.4 Å². The van der Waals surface area contributed by atoms with Crippen molar-refractivity contribution in [2.45, 2.75) is 115 Å². The lowest BCUT2D eigenvalue weighted by Gasteiger charge is -2.50. The minimum absolute atomic E-state index is 0.00634. The lowest BCUT2D eigenvalue weighted by atomic mass is 9.60. The molecular formula is C40H46O8. The van der Waals surface area contributed by atoms with Crippen LogP contribution in [0.1, 0.15) is 112 Å². The van der Waals surface area contributed by atoms with Crippen molar-refractivity contribution in [1.82, 2.24) is 0 Å². The van der Waals surface area contributed by atoms with Gasteiger partial charge in [0.05, 0.1) is 18.9 Å². The summed E-state index contributed by atoms with van der Waals surface area (Å²) in [5.41, 5.74) is 1.72. The first-order chi connectivity index (χ1) is 23.0. The summed E-state index contributed by atoms with van der Waals surface area (Å²) in [5, 5.41) is 33.7. The summed E-state index contributed by atoms with van der Waals surface area (Å²) in [7, 11) is 0. The Morgan fingerprint density at radius 2 is 1.83 bits per heavy atom. The maximum absolute atomic E-state index is 14.4. The SMILES string of the molecule is CC(C)CCC=C1CC(c2cccc(CO)c2)C#CC2CC(=O)Oc3cc(O)c(cc32)CC(C2(O)CCCC3CC(=O)CCC32)OC1=O. The van der Waals surface area contributed by atoms with Crippen molar-refractivity contribution in [2.75, 3.05) is 0 Å². The molecule has 0 amide bonds. The molecule has 254 valence electrons. The topological polar surface area (TPSA) is 130 Å². The number of phenols is 1. The van der Waals surface area contributed by atoms with Crippen LogP contribution in [-0.4, -0.2) is 44.7 Å². The highest BCUT2D eigenvalue weighted by Gasteiger charge is 2.52. The molecule has 0 aromatic heterocycles. The number of aliphatic hydroxyl groups is 2. The lowest BCUT2D eigenvalue weighted by Crippen LogP contribution is -2.57. The first-order valence-corrected chi connectivity index (χ1v) is 17.4. The number of benzene rings is 2. The van der Waals surface area contributed by atoms with Gasteiger partial charge in [-0.3, -0.25) is 9.59 Å². The molecule has 2 aliphatic heterocycles. The Morgan fingerprint density at radius 1 is 1.02 bits per heavy atom. The Kier molecular flexibility index (Phi) is 10.1. The molecule has 8 heteroatoms. The van der Waals surface area contributed by atoms with Gasteiger partial charge in [-0.05, 0) is 79.0 Å². The second-order valence-electron chi connectivity index (χ2n) is 14.5. The Hall–Kier alpha value is -3.93. The predicted octanol–water partition coefficient (Wildman–Crippen LogP) is 6.19. The van der Waals surface area contributed by atoms with Gasteiger partial charge in [0.25, 0.3) is 0 Å². The van der Waals surface area contributed by atoms with Crippen LogP contribution in [0.3, 0.4) is 0 Å². The summed E-state index contributed by atoms with van der Waals surface area (Å²) in [6, 6.07) is 10.7. The molecule has 8 nitrogen and oxygen atoms in total. The number of Topliss-reactive ketones (excluding diaryl/α,β-unsaturated/α-hetero) is 1. The molecule has 2 aromatic carbocycles. The molecule has 6 rings (SSSR count). The number of hydrogen-bond acceptors (Lipinski definition) is 8. The van der Waals surface area contributed by atoms with E-state index in [1.165, 1.54) is 6.07 Å². The molecule has 2 aromatic rings. The van der Waals surface area contributed by atoms with E-state index in [2.05, 4.69) is 25.7 Å². The number of phenolic OH excluding ortho intramolecular Hbond substituents is 1. The van der Waals surface area contributed by atoms with Gasteiger partial charge in [0.1, 0.15) is 29.0 Å². The Balaban J connectivity index is 1.49. The van der Waals surface area contributed by atoms with Crippen LogP contribution in [0.5, 0.6) is 11.5 Å². The van der Waals surface area contributed by atoms with Gasteiger partial charge in [0.2, 0.25) is 0 Å². The normalized spacial score (nSPS) is 29.8. The van der Waals surface area contributed by atoms with Crippen molar-refractivity contribution in [3.05, 3.63) is 70.3 Å². The smallest absolute Gasteiger partial charge is 0.334 e. The first-order valence-electron chi connectivity index (χ1n) is 17.4. The summed E-state index contributed by atoms with van der Waals surface area (Å²) >= 11 is 0. The number of aliphatic hydroxyl groups excluding tert-OH is 1. The third-order valence-corrected chi connectivity index (χ3v) is 10.8. The third-order valence-electron chi connectivity index (χ3n) is 10.8. The summed E-state index contributed by atoms with van der Waals surface area (Å²) in [4.78, 5) is 39.5. The lowest BCUT2D eigenvalue weighted by molar-refractivity contribution is -0.187. The first kappa shape index (κ1) is 34.0. The number of allylic oxidation sites excluding steroid dienone is 1. The van der Waals surface area contributed by atoms with E-state index in [-0.39, 0.29) is 55.0 Å². The minimum atomic E-state index is -1.40. The molecular weight excluding hydrogens is 608 g/mol. The maximum atomic E-state index is 14.4. The highest BCUT2D eigenvalue weighted by atomic mass is 16.6. The molecule has 2 bridgehead atoms. The molecule has 4 aliphatic rings. The summed E-state index contributed by atoms with van der Waals surface area (Å²) < 4.78 is 12.0. The summed E-state index contributed by atoms with van der Waals surface area (Å²) in [6.45, 7) is 4.11. The average molecular weight is 655 g/mol. The number of cyclic esters (lactones) is 1. The van der Waals surface area contributed by atoms with E-state index in [9.17, 15) is 29.7 Å². The van der Waals surface area contributed by atoms with Crippen LogP contribution < -0.4 is 4.74 Å². The zero-order valence-electron chi connectivity index (χ0n) is 27.9. The van der Waals surface area contributed by atoms with E-state index >= 15 is 0 Å². The number of aromatic hydroxyl groups is 1. The maximum Gasteiger partial charge on any atom is 0.334 e. The quantitative estimate of drug-likeness (QED) is 0.146. The van der Waals surface area contributed by atoms with Gasteiger partial charge in [0.15, 0.2) is 0 Å². The molecule has 2 aliphatic carbocycles. The summed E-state index contributed by atoms with van der Waals surface area (Å²) in [5.74, 6) is 5.26. The molecule has 3 N–H and O–H groups in total. The molecule has 0 saturated heterocycles.